The van der Waals surface area contributed by atoms with Gasteiger partial charge in [-0.1, -0.05) is 48.5 Å². The minimum Gasteiger partial charge on any atom is -0.354 e. The Labute approximate surface area is 137 Å². The standard InChI is InChI=1S/C17H20N2O3S/c1-23(21,22)19(16-10-6-3-7-11-16)14-17(20)18-13-12-15-8-4-2-5-9-15/h2-11H,12-14H2,1H3,(H,18,20). The minimum atomic E-state index is -3.52. The Hall–Kier alpha value is -2.34. The quantitative estimate of drug-likeness (QED) is 0.841. The van der Waals surface area contributed by atoms with Crippen LogP contribution in [-0.4, -0.2) is 33.7 Å². The van der Waals surface area contributed by atoms with Gasteiger partial charge < -0.3 is 5.32 Å². The van der Waals surface area contributed by atoms with Gasteiger partial charge in [-0.25, -0.2) is 8.42 Å². The van der Waals surface area contributed by atoms with Gasteiger partial charge >= 0.3 is 0 Å². The highest BCUT2D eigenvalue weighted by molar-refractivity contribution is 7.92. The first kappa shape index (κ1) is 17.0. The van der Waals surface area contributed by atoms with Crippen molar-refractivity contribution in [2.24, 2.45) is 0 Å². The number of benzene rings is 2. The van der Waals surface area contributed by atoms with E-state index in [0.717, 1.165) is 16.1 Å². The van der Waals surface area contributed by atoms with E-state index >= 15 is 0 Å². The number of hydrogen-bond donors (Lipinski definition) is 1. The zero-order chi connectivity index (χ0) is 16.7. The lowest BCUT2D eigenvalue weighted by molar-refractivity contribution is -0.119. The van der Waals surface area contributed by atoms with Crippen LogP contribution in [0.3, 0.4) is 0 Å². The molecule has 23 heavy (non-hydrogen) atoms. The molecule has 0 fully saturated rings. The summed E-state index contributed by atoms with van der Waals surface area (Å²) in [4.78, 5) is 12.0. The normalized spacial score (nSPS) is 11.0. The average Bonchev–Trinajstić information content (AvgIpc) is 2.53. The molecule has 0 saturated heterocycles. The van der Waals surface area contributed by atoms with Gasteiger partial charge in [-0.3, -0.25) is 9.10 Å². The van der Waals surface area contributed by atoms with Gasteiger partial charge in [-0.05, 0) is 24.1 Å². The Morgan fingerprint density at radius 2 is 1.57 bits per heavy atom. The number of nitrogens with zero attached hydrogens (tertiary/aromatic N) is 1. The number of amides is 1. The Balaban J connectivity index is 1.93. The summed E-state index contributed by atoms with van der Waals surface area (Å²) < 4.78 is 24.9. The summed E-state index contributed by atoms with van der Waals surface area (Å²) in [5.41, 5.74) is 1.60. The number of carbonyl (C=O) groups is 1. The number of nitrogens with one attached hydrogen (secondary N) is 1. The summed E-state index contributed by atoms with van der Waals surface area (Å²) in [6.45, 7) is 0.243. The summed E-state index contributed by atoms with van der Waals surface area (Å²) in [5.74, 6) is -0.324. The lowest BCUT2D eigenvalue weighted by Crippen LogP contribution is -2.40. The van der Waals surface area contributed by atoms with E-state index in [4.69, 9.17) is 0 Å². The Bertz CT molecular complexity index is 731. The number of hydrogen-bond acceptors (Lipinski definition) is 3. The number of rotatable bonds is 7. The SMILES string of the molecule is CS(=O)(=O)N(CC(=O)NCCc1ccccc1)c1ccccc1. The first-order valence-corrected chi connectivity index (χ1v) is 9.15. The second-order valence-electron chi connectivity index (χ2n) is 5.19. The number of sulfonamides is 1. The summed E-state index contributed by atoms with van der Waals surface area (Å²) in [6.07, 6.45) is 1.80. The van der Waals surface area contributed by atoms with Crippen LogP contribution in [-0.2, 0) is 21.2 Å². The van der Waals surface area contributed by atoms with Crippen molar-refractivity contribution >= 4 is 21.6 Å². The van der Waals surface area contributed by atoms with Gasteiger partial charge in [0.25, 0.3) is 0 Å². The van der Waals surface area contributed by atoms with E-state index in [2.05, 4.69) is 5.32 Å². The molecule has 1 amide bonds. The highest BCUT2D eigenvalue weighted by Gasteiger charge is 2.20. The molecule has 5 nitrogen and oxygen atoms in total. The van der Waals surface area contributed by atoms with Crippen LogP contribution in [0, 0.1) is 0 Å². The molecule has 6 heteroatoms. The van der Waals surface area contributed by atoms with Crippen molar-refractivity contribution in [1.82, 2.24) is 5.32 Å². The molecule has 122 valence electrons. The topological polar surface area (TPSA) is 66.5 Å². The van der Waals surface area contributed by atoms with Crippen LogP contribution >= 0.6 is 0 Å². The van der Waals surface area contributed by atoms with E-state index in [1.165, 1.54) is 0 Å². The van der Waals surface area contributed by atoms with Crippen molar-refractivity contribution in [2.75, 3.05) is 23.7 Å². The van der Waals surface area contributed by atoms with Gasteiger partial charge in [0.1, 0.15) is 6.54 Å². The van der Waals surface area contributed by atoms with Gasteiger partial charge in [0.2, 0.25) is 15.9 Å². The number of carbonyl (C=O) groups excluding carboxylic acids is 1. The molecule has 0 atom stereocenters. The first-order valence-electron chi connectivity index (χ1n) is 7.30. The van der Waals surface area contributed by atoms with Gasteiger partial charge in [0, 0.05) is 6.54 Å². The van der Waals surface area contributed by atoms with Crippen molar-refractivity contribution in [3.8, 4) is 0 Å². The summed E-state index contributed by atoms with van der Waals surface area (Å²) >= 11 is 0. The third kappa shape index (κ3) is 5.41. The second kappa shape index (κ2) is 7.78. The summed E-state index contributed by atoms with van der Waals surface area (Å²) in [7, 11) is -3.52. The van der Waals surface area contributed by atoms with Gasteiger partial charge in [-0.2, -0.15) is 0 Å². The molecule has 0 radical (unpaired) electrons. The van der Waals surface area contributed by atoms with Crippen molar-refractivity contribution < 1.29 is 13.2 Å². The van der Waals surface area contributed by atoms with Crippen LogP contribution in [0.4, 0.5) is 5.69 Å². The van der Waals surface area contributed by atoms with Crippen LogP contribution < -0.4 is 9.62 Å². The van der Waals surface area contributed by atoms with Gasteiger partial charge in [0.15, 0.2) is 0 Å². The van der Waals surface area contributed by atoms with Crippen molar-refractivity contribution in [1.29, 1.82) is 0 Å². The van der Waals surface area contributed by atoms with Crippen molar-refractivity contribution in [2.45, 2.75) is 6.42 Å². The fraction of sp³-hybridized carbons (Fsp3) is 0.235. The maximum Gasteiger partial charge on any atom is 0.240 e. The fourth-order valence-corrected chi connectivity index (χ4v) is 3.03. The predicted molar refractivity (Wildman–Crippen MR) is 91.8 cm³/mol. The molecular weight excluding hydrogens is 312 g/mol. The number of para-hydroxylation sites is 1. The molecule has 2 rings (SSSR count). The smallest absolute Gasteiger partial charge is 0.240 e. The van der Waals surface area contributed by atoms with Crippen LogP contribution in [0.25, 0.3) is 0 Å². The maximum atomic E-state index is 12.0. The molecule has 0 heterocycles. The van der Waals surface area contributed by atoms with E-state index < -0.39 is 10.0 Å². The second-order valence-corrected chi connectivity index (χ2v) is 7.10. The van der Waals surface area contributed by atoms with Crippen LogP contribution in [0.15, 0.2) is 60.7 Å². The predicted octanol–water partition coefficient (Wildman–Crippen LogP) is 1.81. The molecule has 0 bridgehead atoms. The molecule has 0 aromatic heterocycles. The molecule has 0 saturated carbocycles. The molecule has 1 N–H and O–H groups in total. The lowest BCUT2D eigenvalue weighted by Gasteiger charge is -2.21. The zero-order valence-corrected chi connectivity index (χ0v) is 13.8. The molecule has 0 unspecified atom stereocenters. The molecule has 2 aromatic carbocycles. The van der Waals surface area contributed by atoms with E-state index in [9.17, 15) is 13.2 Å². The molecule has 0 aliphatic rings. The summed E-state index contributed by atoms with van der Waals surface area (Å²) in [5, 5.41) is 2.76. The van der Waals surface area contributed by atoms with Gasteiger partial charge in [0.05, 0.1) is 11.9 Å². The Kier molecular flexibility index (Phi) is 5.76. The maximum absolute atomic E-state index is 12.0. The minimum absolute atomic E-state index is 0.225. The van der Waals surface area contributed by atoms with E-state index in [1.54, 1.807) is 30.3 Å². The van der Waals surface area contributed by atoms with Crippen molar-refractivity contribution in [3.05, 3.63) is 66.2 Å². The lowest BCUT2D eigenvalue weighted by atomic mass is 10.1. The Morgan fingerprint density at radius 1 is 1.00 bits per heavy atom. The van der Waals surface area contributed by atoms with Crippen LogP contribution in [0.5, 0.6) is 0 Å². The Morgan fingerprint density at radius 3 is 2.13 bits per heavy atom. The molecular formula is C17H20N2O3S. The highest BCUT2D eigenvalue weighted by atomic mass is 32.2. The highest BCUT2D eigenvalue weighted by Crippen LogP contribution is 2.16. The first-order chi connectivity index (χ1) is 11.0. The molecule has 0 spiro atoms. The summed E-state index contributed by atoms with van der Waals surface area (Å²) in [6, 6.07) is 18.4. The molecule has 2 aromatic rings. The van der Waals surface area contributed by atoms with Gasteiger partial charge in [-0.15, -0.1) is 0 Å². The van der Waals surface area contributed by atoms with Crippen molar-refractivity contribution in [3.63, 3.8) is 0 Å². The van der Waals surface area contributed by atoms with E-state index in [-0.39, 0.29) is 12.5 Å². The van der Waals surface area contributed by atoms with E-state index in [0.29, 0.717) is 18.7 Å². The van der Waals surface area contributed by atoms with Crippen LogP contribution in [0.1, 0.15) is 5.56 Å². The largest absolute Gasteiger partial charge is 0.354 e. The third-order valence-electron chi connectivity index (χ3n) is 3.31. The molecule has 0 aliphatic carbocycles. The van der Waals surface area contributed by atoms with Crippen LogP contribution in [0.2, 0.25) is 0 Å². The third-order valence-corrected chi connectivity index (χ3v) is 4.45. The molecule has 0 aliphatic heterocycles. The average molecular weight is 332 g/mol. The monoisotopic (exact) mass is 332 g/mol. The number of anilines is 1. The zero-order valence-electron chi connectivity index (χ0n) is 13.0. The fourth-order valence-electron chi connectivity index (χ4n) is 2.17. The van der Waals surface area contributed by atoms with E-state index in [1.807, 2.05) is 30.3 Å².